The van der Waals surface area contributed by atoms with Crippen molar-refractivity contribution in [2.75, 3.05) is 10.2 Å². The number of hydrogen-bond acceptors (Lipinski definition) is 3. The van der Waals surface area contributed by atoms with E-state index in [1.165, 1.54) is 0 Å². The fraction of sp³-hybridized carbons (Fsp3) is 0.0769. The van der Waals surface area contributed by atoms with E-state index < -0.39 is 5.66 Å². The second-order valence-electron chi connectivity index (χ2n) is 7.92. The number of amides is 2. The highest BCUT2D eigenvalue weighted by Gasteiger charge is 2.54. The first kappa shape index (κ1) is 17.7. The number of para-hydroxylation sites is 2. The molecule has 1 atom stereocenters. The fourth-order valence-electron chi connectivity index (χ4n) is 4.71. The molecule has 0 saturated carbocycles. The summed E-state index contributed by atoms with van der Waals surface area (Å²) >= 11 is 0. The van der Waals surface area contributed by atoms with Crippen LogP contribution in [-0.4, -0.2) is 11.8 Å². The molecular formula is C26H19N3O2. The van der Waals surface area contributed by atoms with Gasteiger partial charge in [-0.15, -0.1) is 0 Å². The monoisotopic (exact) mass is 405 g/mol. The van der Waals surface area contributed by atoms with E-state index in [4.69, 9.17) is 0 Å². The Morgan fingerprint density at radius 1 is 0.742 bits per heavy atom. The number of hydrogen-bond donors (Lipinski definition) is 2. The summed E-state index contributed by atoms with van der Waals surface area (Å²) < 4.78 is 0. The van der Waals surface area contributed by atoms with Gasteiger partial charge in [-0.05, 0) is 34.5 Å². The molecule has 2 heterocycles. The number of anilines is 2. The number of benzene rings is 4. The van der Waals surface area contributed by atoms with Crippen LogP contribution >= 0.6 is 0 Å². The van der Waals surface area contributed by atoms with Crippen LogP contribution in [-0.2, 0) is 17.0 Å². The second-order valence-corrected chi connectivity index (χ2v) is 7.92. The molecule has 0 aliphatic carbocycles. The lowest BCUT2D eigenvalue weighted by atomic mass is 9.96. The number of fused-ring (bicyclic) bond motifs is 4. The van der Waals surface area contributed by atoms with Crippen molar-refractivity contribution in [3.05, 3.63) is 108 Å². The van der Waals surface area contributed by atoms with E-state index in [1.54, 1.807) is 11.0 Å². The highest BCUT2D eigenvalue weighted by atomic mass is 16.2. The lowest BCUT2D eigenvalue weighted by Crippen LogP contribution is -2.60. The summed E-state index contributed by atoms with van der Waals surface area (Å²) in [5, 5.41) is 8.55. The molecule has 0 bridgehead atoms. The van der Waals surface area contributed by atoms with Gasteiger partial charge in [0.2, 0.25) is 5.66 Å². The van der Waals surface area contributed by atoms with Crippen molar-refractivity contribution in [1.29, 1.82) is 0 Å². The number of carbonyl (C=O) groups is 2. The Kier molecular flexibility index (Phi) is 3.68. The maximum atomic E-state index is 13.9. The Morgan fingerprint density at radius 2 is 1.48 bits per heavy atom. The fourth-order valence-corrected chi connectivity index (χ4v) is 4.71. The molecule has 2 aliphatic heterocycles. The zero-order valence-electron chi connectivity index (χ0n) is 16.6. The zero-order valence-corrected chi connectivity index (χ0v) is 16.6. The number of carbonyl (C=O) groups excluding carboxylic acids is 2. The Bertz CT molecular complexity index is 1370. The largest absolute Gasteiger partial charge is 0.350 e. The van der Waals surface area contributed by atoms with Crippen LogP contribution in [0.15, 0.2) is 91.0 Å². The average molecular weight is 405 g/mol. The number of nitrogens with zero attached hydrogens (tertiary/aromatic N) is 1. The summed E-state index contributed by atoms with van der Waals surface area (Å²) in [6.45, 7) is 0.415. The smallest absolute Gasteiger partial charge is 0.278 e. The predicted octanol–water partition coefficient (Wildman–Crippen LogP) is 4.39. The predicted molar refractivity (Wildman–Crippen MR) is 121 cm³/mol. The van der Waals surface area contributed by atoms with Crippen molar-refractivity contribution in [3.63, 3.8) is 0 Å². The molecule has 2 N–H and O–H groups in total. The minimum atomic E-state index is -1.31. The van der Waals surface area contributed by atoms with Gasteiger partial charge in [0, 0.05) is 11.3 Å². The topological polar surface area (TPSA) is 61.4 Å². The molecule has 2 aliphatic rings. The average Bonchev–Trinajstić information content (AvgIpc) is 3.02. The summed E-state index contributed by atoms with van der Waals surface area (Å²) in [6, 6.07) is 29.2. The van der Waals surface area contributed by atoms with Crippen LogP contribution in [0.2, 0.25) is 0 Å². The van der Waals surface area contributed by atoms with Crippen molar-refractivity contribution >= 4 is 34.0 Å². The van der Waals surface area contributed by atoms with Crippen molar-refractivity contribution < 1.29 is 9.59 Å². The minimum Gasteiger partial charge on any atom is -0.350 e. The van der Waals surface area contributed by atoms with Crippen molar-refractivity contribution in [3.8, 4) is 0 Å². The molecule has 4 aromatic carbocycles. The van der Waals surface area contributed by atoms with Crippen LogP contribution < -0.4 is 15.5 Å². The SMILES string of the molecule is O=C1N[C@]2(Nc3ccccc31)C(=O)N(Cc1cccc3ccccc13)c1ccccc12. The highest BCUT2D eigenvalue weighted by molar-refractivity contribution is 6.15. The van der Waals surface area contributed by atoms with Crippen LogP contribution in [0.3, 0.4) is 0 Å². The van der Waals surface area contributed by atoms with E-state index in [9.17, 15) is 9.59 Å². The van der Waals surface area contributed by atoms with Crippen molar-refractivity contribution in [1.82, 2.24) is 5.32 Å². The van der Waals surface area contributed by atoms with E-state index in [2.05, 4.69) is 28.8 Å². The molecular weight excluding hydrogens is 386 g/mol. The molecule has 150 valence electrons. The quantitative estimate of drug-likeness (QED) is 0.520. The Hall–Kier alpha value is -4.12. The molecule has 0 aromatic heterocycles. The van der Waals surface area contributed by atoms with Gasteiger partial charge in [0.15, 0.2) is 0 Å². The van der Waals surface area contributed by atoms with Crippen molar-refractivity contribution in [2.45, 2.75) is 12.2 Å². The standard InChI is InChI=1S/C26H19N3O2/c30-24-20-12-3-5-14-22(20)27-26(28-24)21-13-4-6-15-23(21)29(25(26)31)16-18-10-7-9-17-8-1-2-11-19(17)18/h1-15,27H,16H2,(H,28,30)/t26-/m0/s1. The summed E-state index contributed by atoms with van der Waals surface area (Å²) in [5.41, 5.74) is 2.48. The van der Waals surface area contributed by atoms with Gasteiger partial charge < -0.3 is 15.5 Å². The summed E-state index contributed by atoms with van der Waals surface area (Å²) in [4.78, 5) is 28.6. The molecule has 2 amide bonds. The van der Waals surface area contributed by atoms with Crippen LogP contribution in [0.4, 0.5) is 11.4 Å². The van der Waals surface area contributed by atoms with Gasteiger partial charge in [0.25, 0.3) is 11.8 Å². The van der Waals surface area contributed by atoms with Crippen LogP contribution in [0.5, 0.6) is 0 Å². The Morgan fingerprint density at radius 3 is 2.42 bits per heavy atom. The van der Waals surface area contributed by atoms with E-state index >= 15 is 0 Å². The first-order chi connectivity index (χ1) is 15.2. The van der Waals surface area contributed by atoms with Gasteiger partial charge in [0.1, 0.15) is 0 Å². The van der Waals surface area contributed by atoms with E-state index in [-0.39, 0.29) is 11.8 Å². The minimum absolute atomic E-state index is 0.190. The molecule has 1 spiro atoms. The van der Waals surface area contributed by atoms with Gasteiger partial charge in [-0.2, -0.15) is 0 Å². The Balaban J connectivity index is 1.48. The molecule has 31 heavy (non-hydrogen) atoms. The van der Waals surface area contributed by atoms with E-state index in [0.29, 0.717) is 17.8 Å². The van der Waals surface area contributed by atoms with Gasteiger partial charge in [0.05, 0.1) is 17.8 Å². The van der Waals surface area contributed by atoms with Crippen molar-refractivity contribution in [2.24, 2.45) is 0 Å². The number of nitrogens with one attached hydrogen (secondary N) is 2. The van der Waals surface area contributed by atoms with Gasteiger partial charge in [-0.1, -0.05) is 72.8 Å². The third-order valence-corrected chi connectivity index (χ3v) is 6.17. The van der Waals surface area contributed by atoms with Gasteiger partial charge in [-0.25, -0.2) is 0 Å². The van der Waals surface area contributed by atoms with E-state index in [0.717, 1.165) is 27.6 Å². The van der Waals surface area contributed by atoms with Crippen LogP contribution in [0.1, 0.15) is 21.5 Å². The first-order valence-electron chi connectivity index (χ1n) is 10.3. The summed E-state index contributed by atoms with van der Waals surface area (Å²) in [5.74, 6) is -0.450. The zero-order chi connectivity index (χ0) is 21.0. The molecule has 4 aromatic rings. The molecule has 6 rings (SSSR count). The molecule has 0 unspecified atom stereocenters. The van der Waals surface area contributed by atoms with E-state index in [1.807, 2.05) is 66.7 Å². The molecule has 0 saturated heterocycles. The highest BCUT2D eigenvalue weighted by Crippen LogP contribution is 2.44. The second kappa shape index (κ2) is 6.44. The Labute approximate surface area is 179 Å². The van der Waals surface area contributed by atoms with Gasteiger partial charge in [-0.3, -0.25) is 9.59 Å². The summed E-state index contributed by atoms with van der Waals surface area (Å²) in [6.07, 6.45) is 0. The maximum Gasteiger partial charge on any atom is 0.278 e. The third kappa shape index (κ3) is 2.50. The van der Waals surface area contributed by atoms with Gasteiger partial charge >= 0.3 is 0 Å². The lowest BCUT2D eigenvalue weighted by molar-refractivity contribution is -0.123. The molecule has 0 fully saturated rings. The first-order valence-corrected chi connectivity index (χ1v) is 10.3. The molecule has 5 heteroatoms. The molecule has 0 radical (unpaired) electrons. The summed E-state index contributed by atoms with van der Waals surface area (Å²) in [7, 11) is 0. The lowest BCUT2D eigenvalue weighted by Gasteiger charge is -2.36. The third-order valence-electron chi connectivity index (χ3n) is 6.17. The van der Waals surface area contributed by atoms with Crippen LogP contribution in [0.25, 0.3) is 10.8 Å². The normalized spacial score (nSPS) is 19.2. The van der Waals surface area contributed by atoms with Crippen LogP contribution in [0, 0.1) is 0 Å². The number of rotatable bonds is 2. The maximum absolute atomic E-state index is 13.9. The molecule has 5 nitrogen and oxygen atoms in total.